The minimum atomic E-state index is -0.518. The summed E-state index contributed by atoms with van der Waals surface area (Å²) in [5.41, 5.74) is 0.779. The van der Waals surface area contributed by atoms with E-state index in [4.69, 9.17) is 5.26 Å². The lowest BCUT2D eigenvalue weighted by Gasteiger charge is -2.15. The zero-order valence-electron chi connectivity index (χ0n) is 9.38. The van der Waals surface area contributed by atoms with Crippen LogP contribution < -0.4 is 4.90 Å². The minimum Gasteiger partial charge on any atom is -0.297 e. The van der Waals surface area contributed by atoms with Crippen molar-refractivity contribution < 1.29 is 4.79 Å². The van der Waals surface area contributed by atoms with Gasteiger partial charge in [0.05, 0.1) is 10.5 Å². The number of nitriles is 1. The second-order valence-electron chi connectivity index (χ2n) is 4.15. The van der Waals surface area contributed by atoms with Gasteiger partial charge in [0.2, 0.25) is 5.91 Å². The number of fused-ring (bicyclic) bond motifs is 1. The van der Waals surface area contributed by atoms with Crippen LogP contribution in [0.3, 0.4) is 0 Å². The molecule has 0 bridgehead atoms. The molecular formula is C12H9BrN4O. The van der Waals surface area contributed by atoms with Crippen molar-refractivity contribution in [1.82, 2.24) is 9.38 Å². The predicted molar refractivity (Wildman–Crippen MR) is 69.0 cm³/mol. The Kier molecular flexibility index (Phi) is 2.56. The first-order chi connectivity index (χ1) is 8.70. The highest BCUT2D eigenvalue weighted by atomic mass is 79.9. The quantitative estimate of drug-likeness (QED) is 0.809. The summed E-state index contributed by atoms with van der Waals surface area (Å²) < 4.78 is 2.69. The van der Waals surface area contributed by atoms with Gasteiger partial charge in [0.15, 0.2) is 0 Å². The molecule has 6 heteroatoms. The number of carbonyl (C=O) groups excluding carboxylic acids is 1. The van der Waals surface area contributed by atoms with Crippen molar-refractivity contribution in [2.75, 3.05) is 11.4 Å². The van der Waals surface area contributed by atoms with Crippen LogP contribution in [0.25, 0.3) is 5.65 Å². The second-order valence-corrected chi connectivity index (χ2v) is 5.07. The van der Waals surface area contributed by atoms with E-state index in [0.29, 0.717) is 13.0 Å². The van der Waals surface area contributed by atoms with Crippen LogP contribution in [0.2, 0.25) is 0 Å². The van der Waals surface area contributed by atoms with Crippen molar-refractivity contribution >= 4 is 33.3 Å². The number of hydrogen-bond donors (Lipinski definition) is 0. The maximum absolute atomic E-state index is 12.0. The molecule has 1 aliphatic rings. The van der Waals surface area contributed by atoms with Crippen LogP contribution in [0, 0.1) is 17.2 Å². The number of amides is 1. The third-order valence-corrected chi connectivity index (χ3v) is 3.50. The fraction of sp³-hybridized carbons (Fsp3) is 0.250. The van der Waals surface area contributed by atoms with Gasteiger partial charge in [-0.15, -0.1) is 0 Å². The zero-order chi connectivity index (χ0) is 12.7. The lowest BCUT2D eigenvalue weighted by atomic mass is 10.1. The summed E-state index contributed by atoms with van der Waals surface area (Å²) in [5.74, 6) is 0.120. The lowest BCUT2D eigenvalue weighted by molar-refractivity contribution is -0.119. The van der Waals surface area contributed by atoms with Crippen molar-refractivity contribution in [3.8, 4) is 6.07 Å². The van der Waals surface area contributed by atoms with E-state index in [2.05, 4.69) is 20.9 Å². The lowest BCUT2D eigenvalue weighted by Crippen LogP contribution is -2.27. The fourth-order valence-corrected chi connectivity index (χ4v) is 2.50. The molecule has 2 aromatic rings. The van der Waals surface area contributed by atoms with Crippen LogP contribution in [-0.4, -0.2) is 21.8 Å². The monoisotopic (exact) mass is 304 g/mol. The SMILES string of the molecule is N#C[C@H]1CCN(c2ccc3ncc(Br)cn23)C1=O. The van der Waals surface area contributed by atoms with Crippen LogP contribution in [0.1, 0.15) is 6.42 Å². The number of carbonyl (C=O) groups is 1. The van der Waals surface area contributed by atoms with Crippen LogP contribution in [-0.2, 0) is 4.79 Å². The summed E-state index contributed by atoms with van der Waals surface area (Å²) >= 11 is 3.36. The number of anilines is 1. The molecule has 1 aliphatic heterocycles. The van der Waals surface area contributed by atoms with Gasteiger partial charge in [-0.1, -0.05) is 0 Å². The van der Waals surface area contributed by atoms with Gasteiger partial charge in [-0.2, -0.15) is 5.26 Å². The number of nitrogens with zero attached hydrogens (tertiary/aromatic N) is 4. The van der Waals surface area contributed by atoms with Crippen molar-refractivity contribution in [1.29, 1.82) is 5.26 Å². The van der Waals surface area contributed by atoms with Crippen LogP contribution in [0.4, 0.5) is 5.82 Å². The highest BCUT2D eigenvalue weighted by Crippen LogP contribution is 2.27. The molecule has 1 fully saturated rings. The Morgan fingerprint density at radius 3 is 3.06 bits per heavy atom. The van der Waals surface area contributed by atoms with E-state index in [1.54, 1.807) is 11.1 Å². The molecule has 0 spiro atoms. The molecular weight excluding hydrogens is 296 g/mol. The molecule has 0 aromatic carbocycles. The van der Waals surface area contributed by atoms with E-state index in [1.165, 1.54) is 0 Å². The smallest absolute Gasteiger partial charge is 0.245 e. The Morgan fingerprint density at radius 2 is 2.33 bits per heavy atom. The molecule has 18 heavy (non-hydrogen) atoms. The van der Waals surface area contributed by atoms with Crippen LogP contribution >= 0.6 is 15.9 Å². The Morgan fingerprint density at radius 1 is 1.50 bits per heavy atom. The second kappa shape index (κ2) is 4.10. The molecule has 0 unspecified atom stereocenters. The number of aromatic nitrogens is 2. The summed E-state index contributed by atoms with van der Waals surface area (Å²) in [4.78, 5) is 17.9. The molecule has 0 N–H and O–H groups in total. The van der Waals surface area contributed by atoms with E-state index >= 15 is 0 Å². The Labute approximate surface area is 112 Å². The Bertz CT molecular complexity index is 672. The summed E-state index contributed by atoms with van der Waals surface area (Å²) in [5, 5.41) is 8.88. The third-order valence-electron chi connectivity index (χ3n) is 3.09. The van der Waals surface area contributed by atoms with Gasteiger partial charge >= 0.3 is 0 Å². The summed E-state index contributed by atoms with van der Waals surface area (Å²) in [6, 6.07) is 5.75. The van der Waals surface area contributed by atoms with Crippen molar-refractivity contribution in [2.45, 2.75) is 6.42 Å². The van der Waals surface area contributed by atoms with Gasteiger partial charge < -0.3 is 0 Å². The molecule has 3 heterocycles. The first-order valence-electron chi connectivity index (χ1n) is 5.54. The average Bonchev–Trinajstić information content (AvgIpc) is 2.92. The van der Waals surface area contributed by atoms with E-state index in [0.717, 1.165) is 15.9 Å². The van der Waals surface area contributed by atoms with Gasteiger partial charge in [0.1, 0.15) is 17.4 Å². The highest BCUT2D eigenvalue weighted by molar-refractivity contribution is 9.10. The summed E-state index contributed by atoms with van der Waals surface area (Å²) in [7, 11) is 0. The number of hydrogen-bond acceptors (Lipinski definition) is 3. The van der Waals surface area contributed by atoms with Gasteiger partial charge in [0, 0.05) is 18.9 Å². The molecule has 1 saturated heterocycles. The third kappa shape index (κ3) is 1.59. The first kappa shape index (κ1) is 11.2. The average molecular weight is 305 g/mol. The molecule has 5 nitrogen and oxygen atoms in total. The molecule has 1 atom stereocenters. The first-order valence-corrected chi connectivity index (χ1v) is 6.33. The maximum Gasteiger partial charge on any atom is 0.245 e. The molecule has 1 amide bonds. The molecule has 0 aliphatic carbocycles. The van der Waals surface area contributed by atoms with Crippen LogP contribution in [0.15, 0.2) is 29.0 Å². The molecule has 3 rings (SSSR count). The molecule has 0 radical (unpaired) electrons. The largest absolute Gasteiger partial charge is 0.297 e. The normalized spacial score (nSPS) is 19.4. The summed E-state index contributed by atoms with van der Waals surface area (Å²) in [6.07, 6.45) is 4.16. The highest BCUT2D eigenvalue weighted by Gasteiger charge is 2.33. The Hall–Kier alpha value is -1.87. The Balaban J connectivity index is 2.08. The van der Waals surface area contributed by atoms with Crippen molar-refractivity contribution in [2.24, 2.45) is 5.92 Å². The number of halogens is 1. The number of rotatable bonds is 1. The minimum absolute atomic E-state index is 0.127. The van der Waals surface area contributed by atoms with Crippen LogP contribution in [0.5, 0.6) is 0 Å². The fourth-order valence-electron chi connectivity index (χ4n) is 2.20. The molecule has 2 aromatic heterocycles. The van der Waals surface area contributed by atoms with Gasteiger partial charge in [-0.05, 0) is 34.5 Å². The maximum atomic E-state index is 12.0. The zero-order valence-corrected chi connectivity index (χ0v) is 11.0. The predicted octanol–water partition coefficient (Wildman–Crippen LogP) is 1.97. The summed E-state index contributed by atoms with van der Waals surface area (Å²) in [6.45, 7) is 0.579. The molecule has 90 valence electrons. The van der Waals surface area contributed by atoms with Gasteiger partial charge in [-0.25, -0.2) is 4.98 Å². The van der Waals surface area contributed by atoms with E-state index in [1.807, 2.05) is 28.8 Å². The van der Waals surface area contributed by atoms with E-state index < -0.39 is 5.92 Å². The molecule has 0 saturated carbocycles. The van der Waals surface area contributed by atoms with Crippen molar-refractivity contribution in [3.63, 3.8) is 0 Å². The standard InChI is InChI=1S/C12H9BrN4O/c13-9-6-15-10-1-2-11(17(10)7-9)16-4-3-8(5-14)12(16)18/h1-2,6-8H,3-4H2/t8-/m1/s1. The van der Waals surface area contributed by atoms with Gasteiger partial charge in [-0.3, -0.25) is 14.1 Å². The van der Waals surface area contributed by atoms with Crippen molar-refractivity contribution in [3.05, 3.63) is 29.0 Å². The van der Waals surface area contributed by atoms with E-state index in [-0.39, 0.29) is 5.91 Å². The van der Waals surface area contributed by atoms with E-state index in [9.17, 15) is 4.79 Å². The van der Waals surface area contributed by atoms with Gasteiger partial charge in [0.25, 0.3) is 0 Å². The topological polar surface area (TPSA) is 61.4 Å².